The summed E-state index contributed by atoms with van der Waals surface area (Å²) in [5, 5.41) is 0. The lowest BCUT2D eigenvalue weighted by molar-refractivity contribution is 0.281. The number of para-hydroxylation sites is 1. The predicted octanol–water partition coefficient (Wildman–Crippen LogP) is 1.82. The number of aromatic nitrogens is 2. The van der Waals surface area contributed by atoms with E-state index >= 15 is 0 Å². The van der Waals surface area contributed by atoms with Crippen LogP contribution in [0.2, 0.25) is 0 Å². The molecule has 1 heterocycles. The number of fused-ring (bicyclic) bond motifs is 1. The van der Waals surface area contributed by atoms with Crippen molar-refractivity contribution in [3.8, 4) is 0 Å². The van der Waals surface area contributed by atoms with Crippen LogP contribution in [0.15, 0.2) is 23.1 Å². The Morgan fingerprint density at radius 3 is 2.74 bits per heavy atom. The highest BCUT2D eigenvalue weighted by molar-refractivity contribution is 7.91. The smallest absolute Gasteiger partial charge is 0.201 e. The highest BCUT2D eigenvalue weighted by Crippen LogP contribution is 2.31. The SMILES string of the molecule is CS(=O)(=O)c1cccc2c1nc(N)n2CC1CCC1. The molecule has 3 rings (SSSR count). The van der Waals surface area contributed by atoms with Gasteiger partial charge in [0.25, 0.3) is 0 Å². The van der Waals surface area contributed by atoms with Gasteiger partial charge >= 0.3 is 0 Å². The van der Waals surface area contributed by atoms with E-state index in [1.165, 1.54) is 25.5 Å². The van der Waals surface area contributed by atoms with E-state index in [4.69, 9.17) is 5.73 Å². The summed E-state index contributed by atoms with van der Waals surface area (Å²) in [6.07, 6.45) is 4.89. The maximum atomic E-state index is 11.8. The summed E-state index contributed by atoms with van der Waals surface area (Å²) in [5.74, 6) is 1.04. The summed E-state index contributed by atoms with van der Waals surface area (Å²) >= 11 is 0. The highest BCUT2D eigenvalue weighted by atomic mass is 32.2. The minimum absolute atomic E-state index is 0.254. The Kier molecular flexibility index (Phi) is 2.78. The molecule has 1 aliphatic rings. The predicted molar refractivity (Wildman–Crippen MR) is 74.6 cm³/mol. The fraction of sp³-hybridized carbons (Fsp3) is 0.462. The van der Waals surface area contributed by atoms with Gasteiger partial charge in [0.05, 0.1) is 10.4 Å². The second kappa shape index (κ2) is 4.23. The van der Waals surface area contributed by atoms with Crippen molar-refractivity contribution >= 4 is 26.8 Å². The van der Waals surface area contributed by atoms with E-state index in [0.29, 0.717) is 17.4 Å². The first-order valence-corrected chi connectivity index (χ1v) is 8.31. The second-order valence-electron chi connectivity index (χ2n) is 5.27. The molecule has 2 N–H and O–H groups in total. The third-order valence-electron chi connectivity index (χ3n) is 3.84. The van der Waals surface area contributed by atoms with Crippen molar-refractivity contribution in [2.75, 3.05) is 12.0 Å². The zero-order valence-corrected chi connectivity index (χ0v) is 11.7. The summed E-state index contributed by atoms with van der Waals surface area (Å²) in [6.45, 7) is 0.829. The molecule has 0 bridgehead atoms. The van der Waals surface area contributed by atoms with Gasteiger partial charge in [-0.2, -0.15) is 0 Å². The van der Waals surface area contributed by atoms with Crippen molar-refractivity contribution in [3.05, 3.63) is 18.2 Å². The average Bonchev–Trinajstić information content (AvgIpc) is 2.57. The van der Waals surface area contributed by atoms with Crippen LogP contribution in [0.4, 0.5) is 5.95 Å². The molecule has 0 saturated heterocycles. The van der Waals surface area contributed by atoms with Gasteiger partial charge in [0.2, 0.25) is 5.95 Å². The molecule has 102 valence electrons. The third-order valence-corrected chi connectivity index (χ3v) is 4.96. The maximum Gasteiger partial charge on any atom is 0.201 e. The minimum atomic E-state index is -3.28. The Balaban J connectivity index is 2.16. The zero-order valence-electron chi connectivity index (χ0n) is 10.8. The van der Waals surface area contributed by atoms with Gasteiger partial charge in [-0.05, 0) is 30.9 Å². The van der Waals surface area contributed by atoms with E-state index in [1.54, 1.807) is 12.1 Å². The standard InChI is InChI=1S/C13H17N3O2S/c1-19(17,18)11-7-3-6-10-12(11)15-13(14)16(10)8-9-4-2-5-9/h3,6-7,9H,2,4-5,8H2,1H3,(H2,14,15). The molecule has 1 saturated carbocycles. The molecule has 0 atom stereocenters. The highest BCUT2D eigenvalue weighted by Gasteiger charge is 2.22. The van der Waals surface area contributed by atoms with Crippen LogP contribution in [0.25, 0.3) is 11.0 Å². The van der Waals surface area contributed by atoms with Gasteiger partial charge in [0.1, 0.15) is 5.52 Å². The number of benzene rings is 1. The van der Waals surface area contributed by atoms with Gasteiger partial charge in [0, 0.05) is 12.8 Å². The van der Waals surface area contributed by atoms with Crippen molar-refractivity contribution in [3.63, 3.8) is 0 Å². The van der Waals surface area contributed by atoms with Crippen molar-refractivity contribution < 1.29 is 8.42 Å². The van der Waals surface area contributed by atoms with E-state index in [1.807, 2.05) is 10.6 Å². The topological polar surface area (TPSA) is 78.0 Å². The Bertz CT molecular complexity index is 730. The fourth-order valence-electron chi connectivity index (χ4n) is 2.56. The quantitative estimate of drug-likeness (QED) is 0.929. The van der Waals surface area contributed by atoms with E-state index in [-0.39, 0.29) is 4.90 Å². The number of nitrogen functional groups attached to an aromatic ring is 1. The summed E-state index contributed by atoms with van der Waals surface area (Å²) < 4.78 is 25.5. The van der Waals surface area contributed by atoms with Gasteiger partial charge in [-0.25, -0.2) is 13.4 Å². The molecule has 1 aromatic carbocycles. The number of hydrogen-bond acceptors (Lipinski definition) is 4. The van der Waals surface area contributed by atoms with Gasteiger partial charge < -0.3 is 10.3 Å². The normalized spacial score (nSPS) is 16.7. The van der Waals surface area contributed by atoms with Gasteiger partial charge in [-0.1, -0.05) is 12.5 Å². The van der Waals surface area contributed by atoms with Crippen molar-refractivity contribution in [1.82, 2.24) is 9.55 Å². The van der Waals surface area contributed by atoms with Crippen LogP contribution in [-0.4, -0.2) is 24.2 Å². The van der Waals surface area contributed by atoms with E-state index in [2.05, 4.69) is 4.98 Å². The number of nitrogens with zero attached hydrogens (tertiary/aromatic N) is 2. The van der Waals surface area contributed by atoms with Crippen molar-refractivity contribution in [1.29, 1.82) is 0 Å². The number of anilines is 1. The first-order chi connectivity index (χ1) is 8.97. The van der Waals surface area contributed by atoms with E-state index in [9.17, 15) is 8.42 Å². The molecule has 19 heavy (non-hydrogen) atoms. The van der Waals surface area contributed by atoms with Gasteiger partial charge in [-0.3, -0.25) is 0 Å². The Morgan fingerprint density at radius 2 is 2.16 bits per heavy atom. The first-order valence-electron chi connectivity index (χ1n) is 6.41. The van der Waals surface area contributed by atoms with Gasteiger partial charge in [0.15, 0.2) is 9.84 Å². The third kappa shape index (κ3) is 2.10. The molecule has 0 unspecified atom stereocenters. The lowest BCUT2D eigenvalue weighted by atomic mass is 9.85. The van der Waals surface area contributed by atoms with Crippen LogP contribution in [-0.2, 0) is 16.4 Å². The number of rotatable bonds is 3. The summed E-state index contributed by atoms with van der Waals surface area (Å²) in [4.78, 5) is 4.51. The van der Waals surface area contributed by atoms with Crippen LogP contribution in [0, 0.1) is 5.92 Å². The maximum absolute atomic E-state index is 11.8. The van der Waals surface area contributed by atoms with Crippen molar-refractivity contribution in [2.45, 2.75) is 30.7 Å². The van der Waals surface area contributed by atoms with Gasteiger partial charge in [-0.15, -0.1) is 0 Å². The molecule has 1 fully saturated rings. The number of imidazole rings is 1. The molecule has 1 aliphatic carbocycles. The molecule has 0 amide bonds. The summed E-state index contributed by atoms with van der Waals surface area (Å²) in [6, 6.07) is 5.21. The lowest BCUT2D eigenvalue weighted by Gasteiger charge is -2.26. The minimum Gasteiger partial charge on any atom is -0.369 e. The molecular weight excluding hydrogens is 262 g/mol. The summed E-state index contributed by atoms with van der Waals surface area (Å²) in [7, 11) is -3.28. The first kappa shape index (κ1) is 12.5. The van der Waals surface area contributed by atoms with Crippen LogP contribution < -0.4 is 5.73 Å². The number of hydrogen-bond donors (Lipinski definition) is 1. The molecule has 6 heteroatoms. The lowest BCUT2D eigenvalue weighted by Crippen LogP contribution is -2.19. The average molecular weight is 279 g/mol. The Hall–Kier alpha value is -1.56. The molecule has 5 nitrogen and oxygen atoms in total. The molecule has 2 aromatic rings. The molecular formula is C13H17N3O2S. The summed E-state index contributed by atoms with van der Waals surface area (Å²) in [5.41, 5.74) is 7.25. The zero-order chi connectivity index (χ0) is 13.6. The monoisotopic (exact) mass is 279 g/mol. The molecule has 0 spiro atoms. The Morgan fingerprint density at radius 1 is 1.42 bits per heavy atom. The van der Waals surface area contributed by atoms with Crippen molar-refractivity contribution in [2.24, 2.45) is 5.92 Å². The molecule has 1 aromatic heterocycles. The molecule has 0 radical (unpaired) electrons. The van der Waals surface area contributed by atoms with E-state index in [0.717, 1.165) is 12.1 Å². The molecule has 0 aliphatic heterocycles. The van der Waals surface area contributed by atoms with E-state index < -0.39 is 9.84 Å². The van der Waals surface area contributed by atoms with Crippen LogP contribution in [0.1, 0.15) is 19.3 Å². The van der Waals surface area contributed by atoms with Crippen LogP contribution >= 0.6 is 0 Å². The van der Waals surface area contributed by atoms with Crippen LogP contribution in [0.5, 0.6) is 0 Å². The second-order valence-corrected chi connectivity index (χ2v) is 7.26. The number of nitrogens with two attached hydrogens (primary N) is 1. The van der Waals surface area contributed by atoms with Crippen LogP contribution in [0.3, 0.4) is 0 Å². The fourth-order valence-corrected chi connectivity index (χ4v) is 3.39. The largest absolute Gasteiger partial charge is 0.369 e. The Labute approximate surface area is 112 Å². The number of sulfone groups is 1.